The fourth-order valence-corrected chi connectivity index (χ4v) is 2.57. The van der Waals surface area contributed by atoms with Crippen LogP contribution in [-0.2, 0) is 11.3 Å². The van der Waals surface area contributed by atoms with E-state index in [0.29, 0.717) is 36.2 Å². The summed E-state index contributed by atoms with van der Waals surface area (Å²) in [4.78, 5) is 12.9. The molecule has 22 heavy (non-hydrogen) atoms. The summed E-state index contributed by atoms with van der Waals surface area (Å²) in [7, 11) is 1.60. The van der Waals surface area contributed by atoms with Gasteiger partial charge in [0.05, 0.1) is 18.2 Å². The van der Waals surface area contributed by atoms with E-state index in [1.165, 1.54) is 0 Å². The highest BCUT2D eigenvalue weighted by Gasteiger charge is 2.06. The molecule has 118 valence electrons. The van der Waals surface area contributed by atoms with Crippen molar-refractivity contribution in [3.05, 3.63) is 45.6 Å². The Labute approximate surface area is 138 Å². The average molecular weight is 341 g/mol. The monoisotopic (exact) mass is 340 g/mol. The predicted octanol–water partition coefficient (Wildman–Crippen LogP) is 3.75. The molecular formula is C15H17ClN2O3S. The van der Waals surface area contributed by atoms with E-state index in [0.717, 1.165) is 4.88 Å². The number of nitrogens with one attached hydrogen (secondary N) is 2. The molecule has 2 amide bonds. The van der Waals surface area contributed by atoms with Crippen LogP contribution in [0.3, 0.4) is 0 Å². The number of benzene rings is 1. The van der Waals surface area contributed by atoms with Gasteiger partial charge < -0.3 is 20.1 Å². The lowest BCUT2D eigenvalue weighted by atomic mass is 10.3. The number of hydrogen-bond acceptors (Lipinski definition) is 4. The van der Waals surface area contributed by atoms with Crippen LogP contribution in [0.5, 0.6) is 5.75 Å². The van der Waals surface area contributed by atoms with Crippen LogP contribution in [0.4, 0.5) is 10.5 Å². The second kappa shape index (κ2) is 8.63. The van der Waals surface area contributed by atoms with E-state index in [-0.39, 0.29) is 6.03 Å². The molecular weight excluding hydrogens is 324 g/mol. The van der Waals surface area contributed by atoms with Gasteiger partial charge in [-0.15, -0.1) is 11.3 Å². The number of amides is 2. The molecule has 0 radical (unpaired) electrons. The molecule has 0 atom stereocenters. The number of hydrogen-bond donors (Lipinski definition) is 2. The fourth-order valence-electron chi connectivity index (χ4n) is 1.69. The van der Waals surface area contributed by atoms with Gasteiger partial charge in [0.1, 0.15) is 12.4 Å². The number of urea groups is 1. The molecule has 0 fully saturated rings. The first-order chi connectivity index (χ1) is 10.7. The number of halogens is 1. The van der Waals surface area contributed by atoms with Crippen molar-refractivity contribution >= 4 is 34.7 Å². The average Bonchev–Trinajstić information content (AvgIpc) is 3.01. The highest BCUT2D eigenvalue weighted by Crippen LogP contribution is 2.27. The zero-order chi connectivity index (χ0) is 15.8. The number of carbonyl (C=O) groups excluding carboxylic acids is 1. The van der Waals surface area contributed by atoms with Crippen LogP contribution in [0.25, 0.3) is 0 Å². The number of anilines is 1. The summed E-state index contributed by atoms with van der Waals surface area (Å²) < 4.78 is 10.4. The van der Waals surface area contributed by atoms with Crippen LogP contribution >= 0.6 is 22.9 Å². The van der Waals surface area contributed by atoms with E-state index in [2.05, 4.69) is 10.6 Å². The summed E-state index contributed by atoms with van der Waals surface area (Å²) in [6.45, 7) is 1.40. The second-order valence-corrected chi connectivity index (χ2v) is 5.81. The maximum absolute atomic E-state index is 11.8. The minimum atomic E-state index is -0.280. The molecule has 0 spiro atoms. The smallest absolute Gasteiger partial charge is 0.319 e. The van der Waals surface area contributed by atoms with Crippen molar-refractivity contribution in [1.82, 2.24) is 5.32 Å². The highest BCUT2D eigenvalue weighted by molar-refractivity contribution is 7.09. The fraction of sp³-hybridized carbons (Fsp3) is 0.267. The number of methoxy groups -OCH3 is 1. The molecule has 2 rings (SSSR count). The number of rotatable bonds is 7. The summed E-state index contributed by atoms with van der Waals surface area (Å²) in [5.41, 5.74) is 0.604. The highest BCUT2D eigenvalue weighted by atomic mass is 35.5. The van der Waals surface area contributed by atoms with Crippen molar-refractivity contribution < 1.29 is 14.3 Å². The Morgan fingerprint density at radius 3 is 2.86 bits per heavy atom. The molecule has 1 heterocycles. The van der Waals surface area contributed by atoms with Crippen molar-refractivity contribution in [2.75, 3.05) is 25.6 Å². The molecule has 1 aromatic carbocycles. The van der Waals surface area contributed by atoms with Gasteiger partial charge in [0.15, 0.2) is 0 Å². The quantitative estimate of drug-likeness (QED) is 0.755. The molecule has 0 aliphatic heterocycles. The van der Waals surface area contributed by atoms with Gasteiger partial charge in [-0.1, -0.05) is 17.7 Å². The summed E-state index contributed by atoms with van der Waals surface area (Å²) in [5.74, 6) is 0.559. The topological polar surface area (TPSA) is 59.6 Å². The standard InChI is InChI=1S/C15H17ClN2O3S/c1-20-6-7-21-14-5-4-11(9-13(14)16)18-15(19)17-10-12-3-2-8-22-12/h2-5,8-9H,6-7,10H2,1H3,(H2,17,18,19). The van der Waals surface area contributed by atoms with E-state index in [1.54, 1.807) is 36.6 Å². The molecule has 0 unspecified atom stereocenters. The molecule has 0 aliphatic rings. The van der Waals surface area contributed by atoms with Crippen molar-refractivity contribution in [3.63, 3.8) is 0 Å². The predicted molar refractivity (Wildman–Crippen MR) is 89.0 cm³/mol. The third-order valence-electron chi connectivity index (χ3n) is 2.74. The van der Waals surface area contributed by atoms with Crippen LogP contribution < -0.4 is 15.4 Å². The van der Waals surface area contributed by atoms with Gasteiger partial charge in [-0.2, -0.15) is 0 Å². The largest absolute Gasteiger partial charge is 0.490 e. The third-order valence-corrected chi connectivity index (χ3v) is 3.91. The molecule has 2 N–H and O–H groups in total. The van der Waals surface area contributed by atoms with Gasteiger partial charge in [0.25, 0.3) is 0 Å². The first-order valence-electron chi connectivity index (χ1n) is 6.67. The van der Waals surface area contributed by atoms with Gasteiger partial charge in [-0.3, -0.25) is 0 Å². The van der Waals surface area contributed by atoms with Gasteiger partial charge in [0.2, 0.25) is 0 Å². The second-order valence-electron chi connectivity index (χ2n) is 4.37. The molecule has 0 saturated heterocycles. The van der Waals surface area contributed by atoms with Gasteiger partial charge >= 0.3 is 6.03 Å². The first kappa shape index (κ1) is 16.6. The minimum Gasteiger partial charge on any atom is -0.490 e. The van der Waals surface area contributed by atoms with Crippen LogP contribution in [-0.4, -0.2) is 26.4 Å². The number of carbonyl (C=O) groups is 1. The Kier molecular flexibility index (Phi) is 6.51. The van der Waals surface area contributed by atoms with E-state index < -0.39 is 0 Å². The van der Waals surface area contributed by atoms with Gasteiger partial charge in [-0.25, -0.2) is 4.79 Å². The molecule has 0 bridgehead atoms. The lowest BCUT2D eigenvalue weighted by Crippen LogP contribution is -2.27. The van der Waals surface area contributed by atoms with Gasteiger partial charge in [0, 0.05) is 17.7 Å². The Balaban J connectivity index is 1.84. The zero-order valence-electron chi connectivity index (χ0n) is 12.1. The van der Waals surface area contributed by atoms with E-state index in [4.69, 9.17) is 21.1 Å². The lowest BCUT2D eigenvalue weighted by Gasteiger charge is -2.10. The maximum atomic E-state index is 11.8. The number of ether oxygens (including phenoxy) is 2. The van der Waals surface area contributed by atoms with E-state index in [9.17, 15) is 4.79 Å². The van der Waals surface area contributed by atoms with Crippen molar-refractivity contribution in [2.45, 2.75) is 6.54 Å². The molecule has 0 saturated carbocycles. The van der Waals surface area contributed by atoms with Gasteiger partial charge in [-0.05, 0) is 29.6 Å². The SMILES string of the molecule is COCCOc1ccc(NC(=O)NCc2cccs2)cc1Cl. The zero-order valence-corrected chi connectivity index (χ0v) is 13.7. The first-order valence-corrected chi connectivity index (χ1v) is 7.93. The van der Waals surface area contributed by atoms with Crippen molar-refractivity contribution in [1.29, 1.82) is 0 Å². The minimum absolute atomic E-state index is 0.280. The summed E-state index contributed by atoms with van der Waals surface area (Å²) in [6, 6.07) is 8.73. The molecule has 1 aromatic heterocycles. The summed E-state index contributed by atoms with van der Waals surface area (Å²) in [5, 5.41) is 7.92. The molecule has 2 aromatic rings. The molecule has 7 heteroatoms. The van der Waals surface area contributed by atoms with Crippen LogP contribution in [0.1, 0.15) is 4.88 Å². The van der Waals surface area contributed by atoms with Crippen molar-refractivity contribution in [3.8, 4) is 5.75 Å². The van der Waals surface area contributed by atoms with E-state index >= 15 is 0 Å². The lowest BCUT2D eigenvalue weighted by molar-refractivity contribution is 0.146. The Bertz CT molecular complexity index is 605. The third kappa shape index (κ3) is 5.22. The Morgan fingerprint density at radius 1 is 1.32 bits per heavy atom. The molecule has 5 nitrogen and oxygen atoms in total. The summed E-state index contributed by atoms with van der Waals surface area (Å²) in [6.07, 6.45) is 0. The van der Waals surface area contributed by atoms with E-state index in [1.807, 2.05) is 17.5 Å². The summed E-state index contributed by atoms with van der Waals surface area (Å²) >= 11 is 7.71. The van der Waals surface area contributed by atoms with Crippen LogP contribution in [0.2, 0.25) is 5.02 Å². The van der Waals surface area contributed by atoms with Crippen LogP contribution in [0, 0.1) is 0 Å². The van der Waals surface area contributed by atoms with Crippen LogP contribution in [0.15, 0.2) is 35.7 Å². The molecule has 0 aliphatic carbocycles. The normalized spacial score (nSPS) is 10.3. The van der Waals surface area contributed by atoms with Crippen molar-refractivity contribution in [2.24, 2.45) is 0 Å². The Morgan fingerprint density at radius 2 is 2.18 bits per heavy atom. The number of thiophene rings is 1. The Hall–Kier alpha value is -1.76. The maximum Gasteiger partial charge on any atom is 0.319 e.